The van der Waals surface area contributed by atoms with Crippen molar-refractivity contribution in [2.75, 3.05) is 31.1 Å². The van der Waals surface area contributed by atoms with E-state index in [4.69, 9.17) is 0 Å². The number of hydrogen-bond donors (Lipinski definition) is 2. The van der Waals surface area contributed by atoms with Crippen LogP contribution < -0.4 is 15.5 Å². The van der Waals surface area contributed by atoms with Gasteiger partial charge in [-0.25, -0.2) is 9.97 Å². The zero-order chi connectivity index (χ0) is 16.8. The maximum atomic E-state index is 12.1. The molecule has 2 aromatic rings. The van der Waals surface area contributed by atoms with Gasteiger partial charge in [0.25, 0.3) is 0 Å². The highest BCUT2D eigenvalue weighted by Gasteiger charge is 2.39. The van der Waals surface area contributed by atoms with E-state index < -0.39 is 0 Å². The van der Waals surface area contributed by atoms with Gasteiger partial charge in [-0.3, -0.25) is 15.0 Å². The zero-order valence-electron chi connectivity index (χ0n) is 14.0. The van der Waals surface area contributed by atoms with Crippen LogP contribution in [-0.2, 0) is 4.79 Å². The SMILES string of the molecule is O=C1CC(C2CC2)NC(N2CCN(c3ncnc4sccc34)CC2)N1. The fourth-order valence-corrected chi connectivity index (χ4v) is 4.66. The number of thiophene rings is 1. The number of aromatic nitrogens is 2. The lowest BCUT2D eigenvalue weighted by Gasteiger charge is -2.43. The second kappa shape index (κ2) is 6.19. The lowest BCUT2D eigenvalue weighted by atomic mass is 10.1. The van der Waals surface area contributed by atoms with Crippen molar-refractivity contribution in [1.82, 2.24) is 25.5 Å². The fourth-order valence-electron chi connectivity index (χ4n) is 3.93. The van der Waals surface area contributed by atoms with Crippen molar-refractivity contribution >= 4 is 33.3 Å². The maximum absolute atomic E-state index is 12.1. The van der Waals surface area contributed by atoms with Gasteiger partial charge in [-0.1, -0.05) is 0 Å². The molecule has 132 valence electrons. The predicted octanol–water partition coefficient (Wildman–Crippen LogP) is 0.985. The molecule has 25 heavy (non-hydrogen) atoms. The summed E-state index contributed by atoms with van der Waals surface area (Å²) < 4.78 is 0. The van der Waals surface area contributed by atoms with Gasteiger partial charge in [0.2, 0.25) is 5.91 Å². The lowest BCUT2D eigenvalue weighted by molar-refractivity contribution is -0.127. The normalized spacial score (nSPS) is 28.3. The third kappa shape index (κ3) is 2.98. The molecule has 2 saturated heterocycles. The van der Waals surface area contributed by atoms with Gasteiger partial charge in [-0.2, -0.15) is 0 Å². The molecule has 1 aliphatic carbocycles. The first-order valence-corrected chi connectivity index (χ1v) is 9.88. The quantitative estimate of drug-likeness (QED) is 0.852. The van der Waals surface area contributed by atoms with Crippen molar-refractivity contribution in [2.24, 2.45) is 5.92 Å². The van der Waals surface area contributed by atoms with Gasteiger partial charge < -0.3 is 10.2 Å². The summed E-state index contributed by atoms with van der Waals surface area (Å²) in [6.45, 7) is 3.63. The third-order valence-corrected chi connectivity index (χ3v) is 6.31. The predicted molar refractivity (Wildman–Crippen MR) is 97.4 cm³/mol. The number of carbonyl (C=O) groups is 1. The van der Waals surface area contributed by atoms with E-state index in [1.165, 1.54) is 12.8 Å². The van der Waals surface area contributed by atoms with Crippen molar-refractivity contribution < 1.29 is 4.79 Å². The van der Waals surface area contributed by atoms with Crippen molar-refractivity contribution in [3.05, 3.63) is 17.8 Å². The summed E-state index contributed by atoms with van der Waals surface area (Å²) in [5.41, 5.74) is 0. The molecule has 0 aromatic carbocycles. The number of carbonyl (C=O) groups excluding carboxylic acids is 1. The number of nitrogens with zero attached hydrogens (tertiary/aromatic N) is 4. The van der Waals surface area contributed by atoms with Crippen LogP contribution in [0.2, 0.25) is 0 Å². The molecule has 2 atom stereocenters. The second-order valence-electron chi connectivity index (χ2n) is 7.14. The van der Waals surface area contributed by atoms with Crippen LogP contribution in [0.15, 0.2) is 17.8 Å². The van der Waals surface area contributed by atoms with E-state index in [1.54, 1.807) is 17.7 Å². The summed E-state index contributed by atoms with van der Waals surface area (Å²) in [6, 6.07) is 2.45. The van der Waals surface area contributed by atoms with Gasteiger partial charge >= 0.3 is 0 Å². The van der Waals surface area contributed by atoms with E-state index in [-0.39, 0.29) is 12.2 Å². The minimum Gasteiger partial charge on any atom is -0.353 e. The molecular weight excluding hydrogens is 336 g/mol. The molecule has 0 bridgehead atoms. The van der Waals surface area contributed by atoms with Crippen molar-refractivity contribution in [3.8, 4) is 0 Å². The number of amides is 1. The van der Waals surface area contributed by atoms with Crippen LogP contribution in [0.25, 0.3) is 10.2 Å². The van der Waals surface area contributed by atoms with Gasteiger partial charge in [0.1, 0.15) is 23.3 Å². The number of anilines is 1. The van der Waals surface area contributed by atoms with Crippen LogP contribution in [0.5, 0.6) is 0 Å². The summed E-state index contributed by atoms with van der Waals surface area (Å²) in [4.78, 5) is 26.6. The average Bonchev–Trinajstić information content (AvgIpc) is 3.38. The van der Waals surface area contributed by atoms with Gasteiger partial charge in [-0.05, 0) is 30.2 Å². The van der Waals surface area contributed by atoms with Gasteiger partial charge in [0.15, 0.2) is 0 Å². The Balaban J connectivity index is 1.26. The van der Waals surface area contributed by atoms with Crippen molar-refractivity contribution in [2.45, 2.75) is 31.6 Å². The lowest BCUT2D eigenvalue weighted by Crippen LogP contribution is -2.67. The Hall–Kier alpha value is -1.77. The Morgan fingerprint density at radius 3 is 2.80 bits per heavy atom. The highest BCUT2D eigenvalue weighted by molar-refractivity contribution is 7.16. The molecule has 7 nitrogen and oxygen atoms in total. The monoisotopic (exact) mass is 358 g/mol. The molecule has 0 spiro atoms. The van der Waals surface area contributed by atoms with Crippen LogP contribution >= 0.6 is 11.3 Å². The van der Waals surface area contributed by atoms with E-state index >= 15 is 0 Å². The molecule has 3 aliphatic rings. The first-order chi connectivity index (χ1) is 12.3. The molecule has 2 aliphatic heterocycles. The van der Waals surface area contributed by atoms with Crippen LogP contribution in [0, 0.1) is 5.92 Å². The first kappa shape index (κ1) is 15.5. The summed E-state index contributed by atoms with van der Waals surface area (Å²) in [5.74, 6) is 1.91. The topological polar surface area (TPSA) is 73.4 Å². The van der Waals surface area contributed by atoms with E-state index in [2.05, 4.69) is 41.8 Å². The van der Waals surface area contributed by atoms with Gasteiger partial charge in [0.05, 0.1) is 5.39 Å². The third-order valence-electron chi connectivity index (χ3n) is 5.49. The van der Waals surface area contributed by atoms with Gasteiger partial charge in [-0.15, -0.1) is 11.3 Å². The molecule has 2 unspecified atom stereocenters. The number of fused-ring (bicyclic) bond motifs is 1. The highest BCUT2D eigenvalue weighted by Crippen LogP contribution is 2.35. The maximum Gasteiger partial charge on any atom is 0.223 e. The molecule has 1 saturated carbocycles. The van der Waals surface area contributed by atoms with E-state index in [9.17, 15) is 4.79 Å². The molecule has 4 heterocycles. The Morgan fingerprint density at radius 2 is 2.00 bits per heavy atom. The highest BCUT2D eigenvalue weighted by atomic mass is 32.1. The molecule has 8 heteroatoms. The zero-order valence-corrected chi connectivity index (χ0v) is 14.8. The molecule has 3 fully saturated rings. The summed E-state index contributed by atoms with van der Waals surface area (Å²) >= 11 is 1.65. The molecule has 2 N–H and O–H groups in total. The Labute approximate surface area is 150 Å². The minimum atomic E-state index is -0.0273. The van der Waals surface area contributed by atoms with E-state index in [0.29, 0.717) is 18.4 Å². The van der Waals surface area contributed by atoms with E-state index in [0.717, 1.165) is 42.2 Å². The Bertz CT molecular complexity index is 782. The Kier molecular flexibility index (Phi) is 3.83. The average molecular weight is 358 g/mol. The molecule has 2 aromatic heterocycles. The minimum absolute atomic E-state index is 0.0273. The fraction of sp³-hybridized carbons (Fsp3) is 0.588. The first-order valence-electron chi connectivity index (χ1n) is 9.00. The molecular formula is C17H22N6OS. The largest absolute Gasteiger partial charge is 0.353 e. The van der Waals surface area contributed by atoms with Crippen LogP contribution in [-0.4, -0.2) is 59.3 Å². The van der Waals surface area contributed by atoms with Gasteiger partial charge in [0, 0.05) is 38.6 Å². The van der Waals surface area contributed by atoms with Crippen LogP contribution in [0.3, 0.4) is 0 Å². The van der Waals surface area contributed by atoms with Crippen molar-refractivity contribution in [3.63, 3.8) is 0 Å². The number of hydrogen-bond acceptors (Lipinski definition) is 7. The summed E-state index contributed by atoms with van der Waals surface area (Å²) in [5, 5.41) is 9.97. The summed E-state index contributed by atoms with van der Waals surface area (Å²) in [7, 11) is 0. The smallest absolute Gasteiger partial charge is 0.223 e. The molecule has 0 radical (unpaired) electrons. The molecule has 5 rings (SSSR count). The van der Waals surface area contributed by atoms with E-state index in [1.807, 2.05) is 0 Å². The number of rotatable bonds is 3. The summed E-state index contributed by atoms with van der Waals surface area (Å²) in [6.07, 6.45) is 4.77. The van der Waals surface area contributed by atoms with Crippen LogP contribution in [0.1, 0.15) is 19.3 Å². The Morgan fingerprint density at radius 1 is 1.16 bits per heavy atom. The molecule has 1 amide bonds. The standard InChI is InChI=1S/C17H22N6OS/c24-14-9-13(11-1-2-11)20-17(21-14)23-6-4-22(5-7-23)15-12-3-8-25-16(12)19-10-18-15/h3,8,10-11,13,17,20H,1-2,4-7,9H2,(H,21,24). The second-order valence-corrected chi connectivity index (χ2v) is 8.04. The number of nitrogens with one attached hydrogen (secondary N) is 2. The number of piperazine rings is 1. The van der Waals surface area contributed by atoms with Crippen molar-refractivity contribution in [1.29, 1.82) is 0 Å². The van der Waals surface area contributed by atoms with Crippen LogP contribution in [0.4, 0.5) is 5.82 Å².